The smallest absolute Gasteiger partial charge is 0.243 e. The largest absolute Gasteiger partial charge is 0.314 e. The van der Waals surface area contributed by atoms with Gasteiger partial charge in [-0.25, -0.2) is 8.42 Å². The van der Waals surface area contributed by atoms with Gasteiger partial charge in [-0.05, 0) is 62.8 Å². The molecule has 2 fully saturated rings. The van der Waals surface area contributed by atoms with Crippen LogP contribution >= 0.6 is 12.4 Å². The monoisotopic (exact) mass is 344 g/mol. The molecule has 2 heterocycles. The van der Waals surface area contributed by atoms with E-state index in [4.69, 9.17) is 0 Å². The fraction of sp³-hybridized carbons (Fsp3) is 0.625. The Morgan fingerprint density at radius 2 is 1.91 bits per heavy atom. The molecule has 2 aliphatic heterocycles. The number of hydrogen-bond acceptors (Lipinski definition) is 3. The van der Waals surface area contributed by atoms with Crippen molar-refractivity contribution in [1.29, 1.82) is 0 Å². The molecule has 124 valence electrons. The number of benzene rings is 1. The van der Waals surface area contributed by atoms with Crippen molar-refractivity contribution in [2.24, 2.45) is 5.92 Å². The van der Waals surface area contributed by atoms with Gasteiger partial charge >= 0.3 is 0 Å². The van der Waals surface area contributed by atoms with Gasteiger partial charge in [0.15, 0.2) is 0 Å². The summed E-state index contributed by atoms with van der Waals surface area (Å²) in [6, 6.07) is 7.82. The second-order valence-electron chi connectivity index (χ2n) is 6.26. The highest BCUT2D eigenvalue weighted by Gasteiger charge is 2.33. The summed E-state index contributed by atoms with van der Waals surface area (Å²) >= 11 is 0. The molecule has 0 aliphatic carbocycles. The van der Waals surface area contributed by atoms with Crippen LogP contribution in [-0.4, -0.2) is 38.4 Å². The predicted molar refractivity (Wildman–Crippen MR) is 90.9 cm³/mol. The van der Waals surface area contributed by atoms with E-state index >= 15 is 0 Å². The van der Waals surface area contributed by atoms with Crippen LogP contribution in [0.5, 0.6) is 0 Å². The van der Waals surface area contributed by atoms with Crippen molar-refractivity contribution in [3.8, 4) is 0 Å². The maximum atomic E-state index is 12.7. The SMILES string of the molecule is Cc1cccc(S(=O)(=O)N2CCC(C3CCCN3)CC2)c1.Cl. The molecule has 0 aromatic heterocycles. The highest BCUT2D eigenvalue weighted by atomic mass is 35.5. The number of piperidine rings is 1. The lowest BCUT2D eigenvalue weighted by Crippen LogP contribution is -2.43. The van der Waals surface area contributed by atoms with Crippen molar-refractivity contribution < 1.29 is 8.42 Å². The minimum atomic E-state index is -3.32. The topological polar surface area (TPSA) is 49.4 Å². The Hall–Kier alpha value is -0.620. The summed E-state index contributed by atoms with van der Waals surface area (Å²) in [5, 5.41) is 3.55. The van der Waals surface area contributed by atoms with E-state index in [0.29, 0.717) is 29.9 Å². The highest BCUT2D eigenvalue weighted by molar-refractivity contribution is 7.89. The first kappa shape index (κ1) is 17.7. The number of nitrogens with one attached hydrogen (secondary N) is 1. The molecular formula is C16H25ClN2O2S. The van der Waals surface area contributed by atoms with Gasteiger partial charge < -0.3 is 5.32 Å². The first-order valence-electron chi connectivity index (χ1n) is 7.87. The molecule has 1 aromatic rings. The molecular weight excluding hydrogens is 320 g/mol. The second-order valence-corrected chi connectivity index (χ2v) is 8.20. The van der Waals surface area contributed by atoms with Crippen molar-refractivity contribution in [2.45, 2.75) is 43.5 Å². The average molecular weight is 345 g/mol. The standard InChI is InChI=1S/C16H24N2O2S.ClH/c1-13-4-2-5-15(12-13)21(19,20)18-10-7-14(8-11-18)16-6-3-9-17-16;/h2,4-5,12,14,16-17H,3,6-11H2,1H3;1H. The Bertz CT molecular complexity index is 592. The zero-order valence-electron chi connectivity index (χ0n) is 13.0. The lowest BCUT2D eigenvalue weighted by Gasteiger charge is -2.34. The Balaban J connectivity index is 0.00000176. The first-order valence-corrected chi connectivity index (χ1v) is 9.31. The predicted octanol–water partition coefficient (Wildman–Crippen LogP) is 2.57. The minimum absolute atomic E-state index is 0. The molecule has 1 aromatic carbocycles. The molecule has 0 radical (unpaired) electrons. The van der Waals surface area contributed by atoms with E-state index in [-0.39, 0.29) is 12.4 Å². The van der Waals surface area contributed by atoms with E-state index < -0.39 is 10.0 Å². The van der Waals surface area contributed by atoms with Gasteiger partial charge in [0.05, 0.1) is 4.90 Å². The summed E-state index contributed by atoms with van der Waals surface area (Å²) in [5.74, 6) is 0.636. The number of sulfonamides is 1. The van der Waals surface area contributed by atoms with E-state index in [1.165, 1.54) is 12.8 Å². The number of hydrogen-bond donors (Lipinski definition) is 1. The van der Waals surface area contributed by atoms with Gasteiger partial charge in [0, 0.05) is 19.1 Å². The van der Waals surface area contributed by atoms with Crippen molar-refractivity contribution in [2.75, 3.05) is 19.6 Å². The Kier molecular flexibility index (Phi) is 5.88. The molecule has 0 saturated carbocycles. The van der Waals surface area contributed by atoms with Crippen LogP contribution in [-0.2, 0) is 10.0 Å². The molecule has 0 spiro atoms. The van der Waals surface area contributed by atoms with Crippen LogP contribution in [0, 0.1) is 12.8 Å². The lowest BCUT2D eigenvalue weighted by molar-refractivity contribution is 0.234. The summed E-state index contributed by atoms with van der Waals surface area (Å²) in [6.07, 6.45) is 4.45. The molecule has 2 aliphatic rings. The maximum absolute atomic E-state index is 12.7. The van der Waals surface area contributed by atoms with Crippen LogP contribution in [0.15, 0.2) is 29.2 Å². The van der Waals surface area contributed by atoms with Crippen molar-refractivity contribution in [3.05, 3.63) is 29.8 Å². The van der Waals surface area contributed by atoms with Crippen LogP contribution in [0.4, 0.5) is 0 Å². The van der Waals surface area contributed by atoms with E-state index in [2.05, 4.69) is 5.32 Å². The van der Waals surface area contributed by atoms with Gasteiger partial charge in [0.25, 0.3) is 0 Å². The number of aryl methyl sites for hydroxylation is 1. The van der Waals surface area contributed by atoms with Gasteiger partial charge in [0.2, 0.25) is 10.0 Å². The van der Waals surface area contributed by atoms with Crippen molar-refractivity contribution in [1.82, 2.24) is 9.62 Å². The molecule has 1 unspecified atom stereocenters. The normalized spacial score (nSPS) is 24.1. The molecule has 3 rings (SSSR count). The molecule has 0 bridgehead atoms. The van der Waals surface area contributed by atoms with Crippen LogP contribution in [0.25, 0.3) is 0 Å². The zero-order chi connectivity index (χ0) is 14.9. The lowest BCUT2D eigenvalue weighted by atomic mass is 9.89. The van der Waals surface area contributed by atoms with Gasteiger partial charge in [-0.15, -0.1) is 12.4 Å². The molecule has 2 saturated heterocycles. The van der Waals surface area contributed by atoms with Crippen LogP contribution in [0.2, 0.25) is 0 Å². The molecule has 6 heteroatoms. The zero-order valence-corrected chi connectivity index (χ0v) is 14.6. The van der Waals surface area contributed by atoms with Crippen molar-refractivity contribution in [3.63, 3.8) is 0 Å². The Morgan fingerprint density at radius 3 is 2.50 bits per heavy atom. The Labute approximate surface area is 139 Å². The van der Waals surface area contributed by atoms with E-state index in [1.54, 1.807) is 16.4 Å². The van der Waals surface area contributed by atoms with E-state index in [0.717, 1.165) is 24.9 Å². The summed E-state index contributed by atoms with van der Waals surface area (Å²) in [5.41, 5.74) is 0.987. The van der Waals surface area contributed by atoms with Crippen molar-refractivity contribution >= 4 is 22.4 Å². The first-order chi connectivity index (χ1) is 10.1. The average Bonchev–Trinajstić information content (AvgIpc) is 3.02. The number of nitrogens with zero attached hydrogens (tertiary/aromatic N) is 1. The third-order valence-corrected chi connectivity index (χ3v) is 6.69. The van der Waals surface area contributed by atoms with E-state index in [1.807, 2.05) is 19.1 Å². The molecule has 22 heavy (non-hydrogen) atoms. The quantitative estimate of drug-likeness (QED) is 0.916. The maximum Gasteiger partial charge on any atom is 0.243 e. The fourth-order valence-corrected chi connectivity index (χ4v) is 5.13. The summed E-state index contributed by atoms with van der Waals surface area (Å²) in [6.45, 7) is 4.35. The van der Waals surface area contributed by atoms with Gasteiger partial charge in [0.1, 0.15) is 0 Å². The van der Waals surface area contributed by atoms with Crippen LogP contribution < -0.4 is 5.32 Å². The molecule has 1 N–H and O–H groups in total. The molecule has 1 atom stereocenters. The molecule has 0 amide bonds. The van der Waals surface area contributed by atoms with Crippen LogP contribution in [0.1, 0.15) is 31.2 Å². The number of rotatable bonds is 3. The van der Waals surface area contributed by atoms with Crippen LogP contribution in [0.3, 0.4) is 0 Å². The highest BCUT2D eigenvalue weighted by Crippen LogP contribution is 2.28. The van der Waals surface area contributed by atoms with Gasteiger partial charge in [-0.1, -0.05) is 12.1 Å². The summed E-state index contributed by atoms with van der Waals surface area (Å²) < 4.78 is 27.0. The third-order valence-electron chi connectivity index (χ3n) is 4.79. The van der Waals surface area contributed by atoms with Gasteiger partial charge in [-0.2, -0.15) is 4.31 Å². The fourth-order valence-electron chi connectivity index (χ4n) is 3.56. The number of halogens is 1. The summed E-state index contributed by atoms with van der Waals surface area (Å²) in [4.78, 5) is 0.431. The minimum Gasteiger partial charge on any atom is -0.314 e. The second kappa shape index (κ2) is 7.30. The summed E-state index contributed by atoms with van der Waals surface area (Å²) in [7, 11) is -3.32. The Morgan fingerprint density at radius 1 is 1.18 bits per heavy atom. The molecule has 4 nitrogen and oxygen atoms in total. The van der Waals surface area contributed by atoms with Gasteiger partial charge in [-0.3, -0.25) is 0 Å². The third kappa shape index (κ3) is 3.65. The van der Waals surface area contributed by atoms with E-state index in [9.17, 15) is 8.42 Å².